The highest BCUT2D eigenvalue weighted by Gasteiger charge is 2.03. The van der Waals surface area contributed by atoms with Gasteiger partial charge in [-0.1, -0.05) is 0 Å². The third-order valence-corrected chi connectivity index (χ3v) is 2.49. The van der Waals surface area contributed by atoms with Gasteiger partial charge in [0.05, 0.1) is 16.9 Å². The fraction of sp³-hybridized carbons (Fsp3) is 0. The van der Waals surface area contributed by atoms with Gasteiger partial charge in [-0.05, 0) is 42.5 Å². The molecule has 0 aliphatic heterocycles. The number of nitrogens with one attached hydrogen (secondary N) is 1. The van der Waals surface area contributed by atoms with Gasteiger partial charge in [0.25, 0.3) is 0 Å². The van der Waals surface area contributed by atoms with Crippen LogP contribution in [0.1, 0.15) is 10.4 Å². The number of carboxylic acids is 1. The average molecular weight is 243 g/mol. The van der Waals surface area contributed by atoms with Crippen molar-refractivity contribution in [3.05, 3.63) is 48.0 Å². The number of anilines is 4. The molecule has 0 radical (unpaired) electrons. The lowest BCUT2D eigenvalue weighted by Crippen LogP contribution is -1.99. The summed E-state index contributed by atoms with van der Waals surface area (Å²) in [5.41, 5.74) is 14.3. The van der Waals surface area contributed by atoms with Crippen LogP contribution >= 0.6 is 0 Å². The molecule has 0 aromatic heterocycles. The lowest BCUT2D eigenvalue weighted by Gasteiger charge is -2.10. The maximum atomic E-state index is 10.7. The minimum Gasteiger partial charge on any atom is -0.478 e. The van der Waals surface area contributed by atoms with Crippen molar-refractivity contribution in [1.82, 2.24) is 0 Å². The van der Waals surface area contributed by atoms with Gasteiger partial charge in [-0.2, -0.15) is 0 Å². The first-order valence-electron chi connectivity index (χ1n) is 5.31. The number of hydrogen-bond acceptors (Lipinski definition) is 4. The minimum absolute atomic E-state index is 0.242. The molecule has 0 atom stereocenters. The van der Waals surface area contributed by atoms with Crippen molar-refractivity contribution in [3.63, 3.8) is 0 Å². The molecule has 0 amide bonds. The molecule has 2 aromatic rings. The molecule has 0 aliphatic carbocycles. The van der Waals surface area contributed by atoms with E-state index in [4.69, 9.17) is 16.6 Å². The summed E-state index contributed by atoms with van der Waals surface area (Å²) < 4.78 is 0. The zero-order chi connectivity index (χ0) is 13.1. The molecule has 0 saturated carbocycles. The summed E-state index contributed by atoms with van der Waals surface area (Å²) in [6.45, 7) is 0. The van der Waals surface area contributed by atoms with Gasteiger partial charge in [-0.25, -0.2) is 4.79 Å². The second kappa shape index (κ2) is 4.67. The number of rotatable bonds is 3. The molecular formula is C13H13N3O2. The van der Waals surface area contributed by atoms with E-state index in [2.05, 4.69) is 5.32 Å². The molecule has 18 heavy (non-hydrogen) atoms. The summed E-state index contributed by atoms with van der Waals surface area (Å²) in [6, 6.07) is 11.6. The molecular weight excluding hydrogens is 230 g/mol. The van der Waals surface area contributed by atoms with Crippen LogP contribution in [0.4, 0.5) is 22.7 Å². The summed E-state index contributed by atoms with van der Waals surface area (Å²) in [6.07, 6.45) is 0. The predicted octanol–water partition coefficient (Wildman–Crippen LogP) is 2.29. The van der Waals surface area contributed by atoms with Crippen LogP contribution in [0.5, 0.6) is 0 Å². The van der Waals surface area contributed by atoms with Gasteiger partial charge < -0.3 is 21.9 Å². The summed E-state index contributed by atoms with van der Waals surface area (Å²) >= 11 is 0. The van der Waals surface area contributed by atoms with Crippen molar-refractivity contribution in [2.24, 2.45) is 0 Å². The SMILES string of the molecule is Nc1ccc(Nc2ccc(C(=O)O)cc2)c(N)c1. The molecule has 0 unspecified atom stereocenters. The lowest BCUT2D eigenvalue weighted by atomic mass is 10.2. The van der Waals surface area contributed by atoms with Crippen LogP contribution in [0, 0.1) is 0 Å². The Bertz CT molecular complexity index is 579. The summed E-state index contributed by atoms with van der Waals surface area (Å²) in [4.78, 5) is 10.7. The molecule has 0 saturated heterocycles. The number of carbonyl (C=O) groups is 1. The van der Waals surface area contributed by atoms with Crippen LogP contribution in [0.3, 0.4) is 0 Å². The molecule has 6 N–H and O–H groups in total. The Morgan fingerprint density at radius 1 is 1.06 bits per heavy atom. The number of benzene rings is 2. The number of hydrogen-bond donors (Lipinski definition) is 4. The zero-order valence-corrected chi connectivity index (χ0v) is 9.55. The van der Waals surface area contributed by atoms with E-state index in [1.165, 1.54) is 12.1 Å². The normalized spacial score (nSPS) is 10.0. The summed E-state index contributed by atoms with van der Waals surface area (Å²) in [7, 11) is 0. The first-order chi connectivity index (χ1) is 8.56. The van der Waals surface area contributed by atoms with E-state index in [1.807, 2.05) is 0 Å². The van der Waals surface area contributed by atoms with Crippen molar-refractivity contribution in [2.45, 2.75) is 0 Å². The predicted molar refractivity (Wildman–Crippen MR) is 72.0 cm³/mol. The van der Waals surface area contributed by atoms with E-state index in [0.717, 1.165) is 11.4 Å². The molecule has 5 heteroatoms. The maximum absolute atomic E-state index is 10.7. The van der Waals surface area contributed by atoms with Crippen molar-refractivity contribution >= 4 is 28.7 Å². The van der Waals surface area contributed by atoms with Gasteiger partial charge in [0.2, 0.25) is 0 Å². The molecule has 0 bridgehead atoms. The molecule has 2 aromatic carbocycles. The smallest absolute Gasteiger partial charge is 0.335 e. The topological polar surface area (TPSA) is 101 Å². The molecule has 2 rings (SSSR count). The molecule has 5 nitrogen and oxygen atoms in total. The maximum Gasteiger partial charge on any atom is 0.335 e. The summed E-state index contributed by atoms with van der Waals surface area (Å²) in [5.74, 6) is -0.950. The van der Waals surface area contributed by atoms with E-state index in [-0.39, 0.29) is 5.56 Å². The van der Waals surface area contributed by atoms with Gasteiger partial charge in [0.1, 0.15) is 0 Å². The molecule has 0 heterocycles. The van der Waals surface area contributed by atoms with E-state index in [0.29, 0.717) is 11.4 Å². The van der Waals surface area contributed by atoms with Crippen LogP contribution in [0.15, 0.2) is 42.5 Å². The van der Waals surface area contributed by atoms with Gasteiger partial charge in [0.15, 0.2) is 0 Å². The first kappa shape index (κ1) is 11.8. The van der Waals surface area contributed by atoms with Gasteiger partial charge in [-0.15, -0.1) is 0 Å². The van der Waals surface area contributed by atoms with Crippen LogP contribution in [-0.4, -0.2) is 11.1 Å². The summed E-state index contributed by atoms with van der Waals surface area (Å²) in [5, 5.41) is 11.9. The highest BCUT2D eigenvalue weighted by Crippen LogP contribution is 2.25. The Labute approximate surface area is 104 Å². The molecule has 92 valence electrons. The van der Waals surface area contributed by atoms with Gasteiger partial charge in [-0.3, -0.25) is 0 Å². The third kappa shape index (κ3) is 2.52. The zero-order valence-electron chi connectivity index (χ0n) is 9.55. The Morgan fingerprint density at radius 2 is 1.72 bits per heavy atom. The van der Waals surface area contributed by atoms with Crippen LogP contribution < -0.4 is 16.8 Å². The number of nitrogen functional groups attached to an aromatic ring is 2. The quantitative estimate of drug-likeness (QED) is 0.619. The third-order valence-electron chi connectivity index (χ3n) is 2.49. The largest absolute Gasteiger partial charge is 0.478 e. The van der Waals surface area contributed by atoms with E-state index < -0.39 is 5.97 Å². The van der Waals surface area contributed by atoms with Crippen molar-refractivity contribution in [2.75, 3.05) is 16.8 Å². The number of carboxylic acid groups (broad SMARTS) is 1. The first-order valence-corrected chi connectivity index (χ1v) is 5.31. The van der Waals surface area contributed by atoms with Crippen molar-refractivity contribution in [1.29, 1.82) is 0 Å². The van der Waals surface area contributed by atoms with E-state index in [9.17, 15) is 4.79 Å². The average Bonchev–Trinajstić information content (AvgIpc) is 2.33. The Hall–Kier alpha value is -2.69. The van der Waals surface area contributed by atoms with E-state index in [1.54, 1.807) is 30.3 Å². The standard InChI is InChI=1S/C13H13N3O2/c14-9-3-6-12(11(15)7-9)16-10-4-1-8(2-5-10)13(17)18/h1-7,16H,14-15H2,(H,17,18). The molecule has 0 spiro atoms. The Morgan fingerprint density at radius 3 is 2.28 bits per heavy atom. The lowest BCUT2D eigenvalue weighted by molar-refractivity contribution is 0.0697. The van der Waals surface area contributed by atoms with Crippen LogP contribution in [-0.2, 0) is 0 Å². The Kier molecular flexibility index (Phi) is 3.05. The highest BCUT2D eigenvalue weighted by molar-refractivity contribution is 5.88. The number of aromatic carboxylic acids is 1. The second-order valence-electron chi connectivity index (χ2n) is 3.85. The van der Waals surface area contributed by atoms with Crippen LogP contribution in [0.2, 0.25) is 0 Å². The fourth-order valence-electron chi connectivity index (χ4n) is 1.55. The van der Waals surface area contributed by atoms with Crippen LogP contribution in [0.25, 0.3) is 0 Å². The number of nitrogens with two attached hydrogens (primary N) is 2. The highest BCUT2D eigenvalue weighted by atomic mass is 16.4. The van der Waals surface area contributed by atoms with Gasteiger partial charge in [0, 0.05) is 11.4 Å². The fourth-order valence-corrected chi connectivity index (χ4v) is 1.55. The monoisotopic (exact) mass is 243 g/mol. The van der Waals surface area contributed by atoms with Crippen molar-refractivity contribution in [3.8, 4) is 0 Å². The van der Waals surface area contributed by atoms with E-state index >= 15 is 0 Å². The molecule has 0 aliphatic rings. The van der Waals surface area contributed by atoms with Gasteiger partial charge >= 0.3 is 5.97 Å². The molecule has 0 fully saturated rings. The minimum atomic E-state index is -0.950. The van der Waals surface area contributed by atoms with Crippen molar-refractivity contribution < 1.29 is 9.90 Å². The second-order valence-corrected chi connectivity index (χ2v) is 3.85. The Balaban J connectivity index is 2.21.